The second-order valence-electron chi connectivity index (χ2n) is 5.42. The Hall–Kier alpha value is -0.870. The van der Waals surface area contributed by atoms with Crippen LogP contribution in [-0.2, 0) is 6.54 Å². The number of carbonyl (C=O) groups excluding carboxylic acids is 1. The first-order valence-corrected chi connectivity index (χ1v) is 7.99. The van der Waals surface area contributed by atoms with Crippen molar-refractivity contribution in [2.45, 2.75) is 58.5 Å². The summed E-state index contributed by atoms with van der Waals surface area (Å²) < 4.78 is 1.72. The zero-order valence-corrected chi connectivity index (χ0v) is 13.4. The molecule has 0 unspecified atom stereocenters. The molecule has 1 saturated heterocycles. The normalized spacial score (nSPS) is 16.8. The topological polar surface area (TPSA) is 38.1 Å². The number of hydrogen-bond acceptors (Lipinski definition) is 3. The van der Waals surface area contributed by atoms with E-state index in [9.17, 15) is 4.79 Å². The van der Waals surface area contributed by atoms with Crippen molar-refractivity contribution < 1.29 is 4.79 Å². The first kappa shape index (κ1) is 15.5. The molecule has 2 heterocycles. The van der Waals surface area contributed by atoms with E-state index in [1.54, 1.807) is 10.9 Å². The lowest BCUT2D eigenvalue weighted by Crippen LogP contribution is -2.53. The molecule has 0 spiro atoms. The van der Waals surface area contributed by atoms with E-state index >= 15 is 0 Å². The minimum Gasteiger partial charge on any atom is -0.291 e. The highest BCUT2D eigenvalue weighted by molar-refractivity contribution is 6.34. The van der Waals surface area contributed by atoms with Crippen LogP contribution in [-0.4, -0.2) is 39.1 Å². The third-order valence-corrected chi connectivity index (χ3v) is 4.89. The molecule has 112 valence electrons. The first-order valence-electron chi connectivity index (χ1n) is 7.61. The third-order valence-electron chi connectivity index (χ3n) is 4.61. The fraction of sp³-hybridized carbons (Fsp3) is 0.733. The molecule has 1 aromatic rings. The van der Waals surface area contributed by atoms with Gasteiger partial charge in [-0.15, -0.1) is 0 Å². The van der Waals surface area contributed by atoms with Crippen molar-refractivity contribution in [3.8, 4) is 0 Å². The van der Waals surface area contributed by atoms with E-state index in [0.717, 1.165) is 25.9 Å². The quantitative estimate of drug-likeness (QED) is 0.755. The van der Waals surface area contributed by atoms with Crippen molar-refractivity contribution >= 4 is 17.4 Å². The van der Waals surface area contributed by atoms with E-state index in [1.807, 2.05) is 6.92 Å². The molecule has 1 aliphatic heterocycles. The fourth-order valence-corrected chi connectivity index (χ4v) is 3.58. The minimum atomic E-state index is -0.424. The number of ketones is 1. The van der Waals surface area contributed by atoms with E-state index in [-0.39, 0.29) is 5.78 Å². The van der Waals surface area contributed by atoms with Crippen LogP contribution in [0.1, 0.15) is 56.9 Å². The van der Waals surface area contributed by atoms with Gasteiger partial charge in [0.2, 0.25) is 5.78 Å². The molecule has 1 fully saturated rings. The number of hydrogen-bond donors (Lipinski definition) is 0. The number of nitrogens with zero attached hydrogens (tertiary/aromatic N) is 3. The monoisotopic (exact) mass is 297 g/mol. The molecule has 2 rings (SSSR count). The molecule has 0 saturated carbocycles. The van der Waals surface area contributed by atoms with E-state index < -0.39 is 5.54 Å². The number of rotatable bonds is 6. The highest BCUT2D eigenvalue weighted by Gasteiger charge is 2.44. The van der Waals surface area contributed by atoms with Crippen molar-refractivity contribution in [3.05, 3.63) is 16.9 Å². The second kappa shape index (κ2) is 6.27. The van der Waals surface area contributed by atoms with Gasteiger partial charge in [0.05, 0.1) is 16.8 Å². The van der Waals surface area contributed by atoms with Gasteiger partial charge in [-0.3, -0.25) is 14.4 Å². The van der Waals surface area contributed by atoms with E-state index in [0.29, 0.717) is 17.3 Å². The molecule has 0 bridgehead atoms. The largest absolute Gasteiger partial charge is 0.291 e. The van der Waals surface area contributed by atoms with Gasteiger partial charge < -0.3 is 0 Å². The van der Waals surface area contributed by atoms with E-state index in [1.165, 1.54) is 12.8 Å². The maximum atomic E-state index is 13.2. The molecule has 0 aliphatic carbocycles. The van der Waals surface area contributed by atoms with Crippen LogP contribution in [0.3, 0.4) is 0 Å². The zero-order chi connectivity index (χ0) is 14.8. The van der Waals surface area contributed by atoms with Gasteiger partial charge in [-0.05, 0) is 45.7 Å². The number of aromatic nitrogens is 2. The SMILES string of the molecule is CCn1ncc(Cl)c1C(=O)C(CC)(CC)N1CCCC1. The van der Waals surface area contributed by atoms with Crippen molar-refractivity contribution in [3.63, 3.8) is 0 Å². The molecule has 0 atom stereocenters. The van der Waals surface area contributed by atoms with Crippen LogP contribution in [0, 0.1) is 0 Å². The summed E-state index contributed by atoms with van der Waals surface area (Å²) >= 11 is 6.22. The molecule has 0 amide bonds. The summed E-state index contributed by atoms with van der Waals surface area (Å²) in [6.07, 6.45) is 5.56. The smallest absolute Gasteiger partial charge is 0.202 e. The van der Waals surface area contributed by atoms with Gasteiger partial charge in [0.25, 0.3) is 0 Å². The fourth-order valence-electron chi connectivity index (χ4n) is 3.36. The summed E-state index contributed by atoms with van der Waals surface area (Å²) in [7, 11) is 0. The molecular weight excluding hydrogens is 274 g/mol. The summed E-state index contributed by atoms with van der Waals surface area (Å²) in [6, 6.07) is 0. The Morgan fingerprint density at radius 1 is 1.30 bits per heavy atom. The molecule has 4 nitrogen and oxygen atoms in total. The Bertz CT molecular complexity index is 473. The summed E-state index contributed by atoms with van der Waals surface area (Å²) in [5.74, 6) is 0.133. The average Bonchev–Trinajstić information content (AvgIpc) is 3.10. The molecule has 20 heavy (non-hydrogen) atoms. The Morgan fingerprint density at radius 3 is 2.40 bits per heavy atom. The highest BCUT2D eigenvalue weighted by atomic mass is 35.5. The zero-order valence-electron chi connectivity index (χ0n) is 12.7. The van der Waals surface area contributed by atoms with Crippen LogP contribution < -0.4 is 0 Å². The van der Waals surface area contributed by atoms with Crippen LogP contribution in [0.2, 0.25) is 5.02 Å². The van der Waals surface area contributed by atoms with E-state index in [4.69, 9.17) is 11.6 Å². The van der Waals surface area contributed by atoms with Gasteiger partial charge in [0.1, 0.15) is 5.69 Å². The number of likely N-dealkylation sites (tertiary alicyclic amines) is 1. The lowest BCUT2D eigenvalue weighted by atomic mass is 9.84. The summed E-state index contributed by atoms with van der Waals surface area (Å²) in [6.45, 7) is 8.85. The predicted molar refractivity (Wildman–Crippen MR) is 81.4 cm³/mol. The molecule has 0 N–H and O–H groups in total. The van der Waals surface area contributed by atoms with Crippen LogP contribution in [0.25, 0.3) is 0 Å². The predicted octanol–water partition coefficient (Wildman–Crippen LogP) is 3.39. The van der Waals surface area contributed by atoms with Crippen molar-refractivity contribution in [2.75, 3.05) is 13.1 Å². The Morgan fingerprint density at radius 2 is 1.90 bits per heavy atom. The number of Topliss-reactive ketones (excluding diaryl/α,β-unsaturated/α-hetero) is 1. The average molecular weight is 298 g/mol. The summed E-state index contributed by atoms with van der Waals surface area (Å²) in [5, 5.41) is 4.68. The van der Waals surface area contributed by atoms with Gasteiger partial charge in [0.15, 0.2) is 0 Å². The number of carbonyl (C=O) groups is 1. The van der Waals surface area contributed by atoms with Crippen LogP contribution >= 0.6 is 11.6 Å². The Balaban J connectivity index is 2.43. The Kier molecular flexibility index (Phi) is 4.86. The lowest BCUT2D eigenvalue weighted by molar-refractivity contribution is 0.0570. The van der Waals surface area contributed by atoms with Crippen LogP contribution in [0.5, 0.6) is 0 Å². The molecule has 0 radical (unpaired) electrons. The van der Waals surface area contributed by atoms with Crippen molar-refractivity contribution in [1.82, 2.24) is 14.7 Å². The van der Waals surface area contributed by atoms with Gasteiger partial charge in [-0.1, -0.05) is 25.4 Å². The van der Waals surface area contributed by atoms with Crippen LogP contribution in [0.4, 0.5) is 0 Å². The molecule has 1 aromatic heterocycles. The molecule has 0 aromatic carbocycles. The maximum Gasteiger partial charge on any atom is 0.202 e. The lowest BCUT2D eigenvalue weighted by Gasteiger charge is -2.39. The number of halogens is 1. The third kappa shape index (κ3) is 2.40. The first-order chi connectivity index (χ1) is 9.60. The summed E-state index contributed by atoms with van der Waals surface area (Å²) in [4.78, 5) is 15.5. The van der Waals surface area contributed by atoms with Gasteiger partial charge in [0, 0.05) is 6.54 Å². The van der Waals surface area contributed by atoms with Gasteiger partial charge in [-0.2, -0.15) is 5.10 Å². The minimum absolute atomic E-state index is 0.133. The molecule has 1 aliphatic rings. The Labute approximate surface area is 126 Å². The molecule has 5 heteroatoms. The highest BCUT2D eigenvalue weighted by Crippen LogP contribution is 2.33. The molecular formula is C15H24ClN3O. The van der Waals surface area contributed by atoms with Crippen LogP contribution in [0.15, 0.2) is 6.20 Å². The van der Waals surface area contributed by atoms with E-state index in [2.05, 4.69) is 23.8 Å². The number of aryl methyl sites for hydroxylation is 1. The van der Waals surface area contributed by atoms with Gasteiger partial charge in [-0.25, -0.2) is 0 Å². The maximum absolute atomic E-state index is 13.2. The standard InChI is InChI=1S/C15H24ClN3O/c1-4-15(5-2,18-9-7-8-10-18)14(20)13-12(16)11-17-19(13)6-3/h11H,4-10H2,1-3H3. The second-order valence-corrected chi connectivity index (χ2v) is 5.83. The van der Waals surface area contributed by atoms with Crippen molar-refractivity contribution in [2.24, 2.45) is 0 Å². The van der Waals surface area contributed by atoms with Gasteiger partial charge >= 0.3 is 0 Å². The van der Waals surface area contributed by atoms with Crippen molar-refractivity contribution in [1.29, 1.82) is 0 Å². The summed E-state index contributed by atoms with van der Waals surface area (Å²) in [5.41, 5.74) is 0.150.